The maximum atomic E-state index is 10.9. The van der Waals surface area contributed by atoms with Crippen molar-refractivity contribution in [2.24, 2.45) is 10.7 Å². The zero-order valence-corrected chi connectivity index (χ0v) is 9.05. The fourth-order valence-electron chi connectivity index (χ4n) is 0.727. The number of amidine groups is 1. The van der Waals surface area contributed by atoms with E-state index in [1.165, 1.54) is 0 Å². The second-order valence-corrected chi connectivity index (χ2v) is 3.31. The molecule has 0 aliphatic heterocycles. The molecule has 0 spiro atoms. The molecule has 0 aliphatic rings. The Bertz CT molecular complexity index is 240. The lowest BCUT2D eigenvalue weighted by molar-refractivity contribution is -0.143. The number of carboxylic acid groups (broad SMARTS) is 1. The summed E-state index contributed by atoms with van der Waals surface area (Å²) >= 11 is 3.94. The van der Waals surface area contributed by atoms with Crippen LogP contribution in [0.1, 0.15) is 15.2 Å². The van der Waals surface area contributed by atoms with Gasteiger partial charge in [-0.1, -0.05) is 0 Å². The van der Waals surface area contributed by atoms with E-state index in [0.29, 0.717) is 18.9 Å². The largest absolute Gasteiger partial charge is 0.480 e. The number of aliphatic carboxylic acids is 1. The highest BCUT2D eigenvalue weighted by molar-refractivity contribution is 7.80. The molecule has 4 N–H and O–H groups in total. The predicted octanol–water partition coefficient (Wildman–Crippen LogP) is -0.274. The second-order valence-electron chi connectivity index (χ2n) is 3.00. The molecule has 0 aromatic carbocycles. The molecule has 0 saturated carbocycles. The zero-order valence-electron chi connectivity index (χ0n) is 9.16. The van der Waals surface area contributed by atoms with E-state index in [4.69, 9.17) is 12.2 Å². The highest BCUT2D eigenvalue weighted by Gasteiger charge is 2.30. The summed E-state index contributed by atoms with van der Waals surface area (Å²) in [4.78, 5) is 14.8. The molecule has 0 bridgehead atoms. The first-order chi connectivity index (χ1) is 6.98. The van der Waals surface area contributed by atoms with E-state index in [9.17, 15) is 4.79 Å². The zero-order chi connectivity index (χ0) is 11.9. The molecule has 6 heteroatoms. The summed E-state index contributed by atoms with van der Waals surface area (Å²) in [5.74, 6) is -0.549. The van der Waals surface area contributed by atoms with E-state index >= 15 is 0 Å². The Morgan fingerprint density at radius 3 is 2.86 bits per heavy atom. The maximum Gasteiger partial charge on any atom is 0.324 e. The molecule has 0 unspecified atom stereocenters. The summed E-state index contributed by atoms with van der Waals surface area (Å²) in [7, 11) is 0. The molecule has 0 aromatic heterocycles. The van der Waals surface area contributed by atoms with Crippen molar-refractivity contribution in [3.63, 3.8) is 0 Å². The lowest BCUT2D eigenvalue weighted by Crippen LogP contribution is -2.52. The van der Waals surface area contributed by atoms with Gasteiger partial charge in [-0.3, -0.25) is 15.1 Å². The first kappa shape index (κ1) is 11.3. The Labute approximate surface area is 90.6 Å². The van der Waals surface area contributed by atoms with Crippen LogP contribution in [0.3, 0.4) is 0 Å². The summed E-state index contributed by atoms with van der Waals surface area (Å²) in [5, 5.41) is 11.7. The lowest BCUT2D eigenvalue weighted by Gasteiger charge is -2.23. The SMILES string of the molecule is [2H]C[C@@](CS)(NCCN=C(C)N)C(=O)O. The Balaban J connectivity index is 4.19. The van der Waals surface area contributed by atoms with E-state index in [1.807, 2.05) is 0 Å². The van der Waals surface area contributed by atoms with Gasteiger partial charge in [0.1, 0.15) is 5.54 Å². The molecule has 0 rings (SSSR count). The van der Waals surface area contributed by atoms with Gasteiger partial charge >= 0.3 is 5.97 Å². The van der Waals surface area contributed by atoms with Gasteiger partial charge in [-0.05, 0) is 13.8 Å². The van der Waals surface area contributed by atoms with E-state index in [2.05, 4.69) is 22.9 Å². The normalized spacial score (nSPS) is 17.3. The molecule has 0 radical (unpaired) electrons. The van der Waals surface area contributed by atoms with Crippen LogP contribution in [0, 0.1) is 0 Å². The number of thiol groups is 1. The summed E-state index contributed by atoms with van der Waals surface area (Å²) < 4.78 is 7.21. The van der Waals surface area contributed by atoms with Crippen molar-refractivity contribution in [3.8, 4) is 0 Å². The van der Waals surface area contributed by atoms with Crippen molar-refractivity contribution >= 4 is 24.4 Å². The summed E-state index contributed by atoms with van der Waals surface area (Å²) in [6.07, 6.45) is 0. The van der Waals surface area contributed by atoms with Crippen LogP contribution in [0.15, 0.2) is 4.99 Å². The average molecular weight is 220 g/mol. The van der Waals surface area contributed by atoms with Crippen LogP contribution in [0.2, 0.25) is 0 Å². The van der Waals surface area contributed by atoms with Crippen LogP contribution >= 0.6 is 12.6 Å². The summed E-state index contributed by atoms with van der Waals surface area (Å²) in [6.45, 7) is 2.15. The summed E-state index contributed by atoms with van der Waals surface area (Å²) in [5.41, 5.74) is 4.03. The van der Waals surface area contributed by atoms with Gasteiger partial charge in [-0.25, -0.2) is 0 Å². The van der Waals surface area contributed by atoms with Crippen LogP contribution in [-0.4, -0.2) is 41.3 Å². The van der Waals surface area contributed by atoms with Crippen LogP contribution in [0.4, 0.5) is 0 Å². The Kier molecular flexibility index (Phi) is 4.75. The molecule has 0 heterocycles. The van der Waals surface area contributed by atoms with Gasteiger partial charge < -0.3 is 10.8 Å². The van der Waals surface area contributed by atoms with Gasteiger partial charge in [0.05, 0.1) is 12.4 Å². The second kappa shape index (κ2) is 5.87. The van der Waals surface area contributed by atoms with Crippen LogP contribution in [0.5, 0.6) is 0 Å². The van der Waals surface area contributed by atoms with Gasteiger partial charge in [0.25, 0.3) is 0 Å². The van der Waals surface area contributed by atoms with Crippen molar-refractivity contribution < 1.29 is 11.3 Å². The number of carbonyl (C=O) groups is 1. The summed E-state index contributed by atoms with van der Waals surface area (Å²) in [6, 6.07) is 0. The molecule has 82 valence electrons. The number of carboxylic acids is 1. The van der Waals surface area contributed by atoms with Crippen molar-refractivity contribution in [1.29, 1.82) is 0 Å². The fourth-order valence-corrected chi connectivity index (χ4v) is 0.974. The molecule has 0 aromatic rings. The van der Waals surface area contributed by atoms with Gasteiger partial charge in [0, 0.05) is 13.7 Å². The Morgan fingerprint density at radius 2 is 2.50 bits per heavy atom. The quantitative estimate of drug-likeness (QED) is 0.215. The van der Waals surface area contributed by atoms with Crippen molar-refractivity contribution in [1.82, 2.24) is 5.32 Å². The number of nitrogens with one attached hydrogen (secondary N) is 1. The smallest absolute Gasteiger partial charge is 0.324 e. The Morgan fingerprint density at radius 1 is 1.86 bits per heavy atom. The first-order valence-electron chi connectivity index (χ1n) is 4.84. The standard InChI is InChI=1S/C8H17N3O2S/c1-6(9)10-3-4-11-8(2,5-14)7(12)13/h11,14H,3-5H2,1-2H3,(H2,9,10)(H,12,13)/t8-/m0/s1/i2D. The average Bonchev–Trinajstić information content (AvgIpc) is 2.18. The minimum absolute atomic E-state index is 0.0666. The maximum absolute atomic E-state index is 10.9. The molecule has 0 aliphatic carbocycles. The molecule has 0 saturated heterocycles. The molecular weight excluding hydrogens is 202 g/mol. The monoisotopic (exact) mass is 220 g/mol. The number of aliphatic imine (C=N–C) groups is 1. The number of nitrogens with two attached hydrogens (primary N) is 1. The molecule has 1 atom stereocenters. The van der Waals surface area contributed by atoms with Gasteiger partial charge in [-0.15, -0.1) is 0 Å². The molecule has 0 amide bonds. The van der Waals surface area contributed by atoms with Gasteiger partial charge in [0.2, 0.25) is 0 Å². The minimum atomic E-state index is -1.29. The van der Waals surface area contributed by atoms with E-state index in [-0.39, 0.29) is 12.7 Å². The highest BCUT2D eigenvalue weighted by atomic mass is 32.1. The third-order valence-corrected chi connectivity index (χ3v) is 2.16. The molecule has 5 nitrogen and oxygen atoms in total. The third-order valence-electron chi connectivity index (χ3n) is 1.62. The first-order valence-corrected chi connectivity index (χ1v) is 4.77. The van der Waals surface area contributed by atoms with Gasteiger partial charge in [0.15, 0.2) is 0 Å². The van der Waals surface area contributed by atoms with E-state index < -0.39 is 11.5 Å². The lowest BCUT2D eigenvalue weighted by atomic mass is 10.1. The molecule has 0 fully saturated rings. The van der Waals surface area contributed by atoms with Gasteiger partial charge in [-0.2, -0.15) is 12.6 Å². The minimum Gasteiger partial charge on any atom is -0.480 e. The van der Waals surface area contributed by atoms with Crippen LogP contribution in [-0.2, 0) is 4.79 Å². The molecular formula is C8H17N3O2S. The third kappa shape index (κ3) is 4.48. The predicted molar refractivity (Wildman–Crippen MR) is 60.1 cm³/mol. The molecule has 14 heavy (non-hydrogen) atoms. The highest BCUT2D eigenvalue weighted by Crippen LogP contribution is 2.05. The topological polar surface area (TPSA) is 87.7 Å². The van der Waals surface area contributed by atoms with Crippen molar-refractivity contribution in [3.05, 3.63) is 0 Å². The van der Waals surface area contributed by atoms with Crippen LogP contribution < -0.4 is 11.1 Å². The fraction of sp³-hybridized carbons (Fsp3) is 0.750. The number of hydrogen-bond donors (Lipinski definition) is 4. The number of hydrogen-bond acceptors (Lipinski definition) is 4. The van der Waals surface area contributed by atoms with E-state index in [0.717, 1.165) is 0 Å². The Hall–Kier alpha value is -0.750. The number of rotatable bonds is 6. The van der Waals surface area contributed by atoms with E-state index in [1.54, 1.807) is 6.92 Å². The van der Waals surface area contributed by atoms with Crippen LogP contribution in [0.25, 0.3) is 0 Å². The number of nitrogens with zero attached hydrogens (tertiary/aromatic N) is 1. The van der Waals surface area contributed by atoms with Crippen molar-refractivity contribution in [2.75, 3.05) is 18.8 Å². The van der Waals surface area contributed by atoms with Crippen molar-refractivity contribution in [2.45, 2.75) is 19.4 Å².